The second-order valence-electron chi connectivity index (χ2n) is 7.18. The zero-order valence-corrected chi connectivity index (χ0v) is 15.6. The maximum atomic E-state index is 12.9. The van der Waals surface area contributed by atoms with Gasteiger partial charge in [0.05, 0.1) is 18.9 Å². The number of benzene rings is 1. The third kappa shape index (κ3) is 3.52. The van der Waals surface area contributed by atoms with E-state index in [1.54, 1.807) is 11.0 Å². The van der Waals surface area contributed by atoms with E-state index in [2.05, 4.69) is 9.97 Å². The van der Waals surface area contributed by atoms with E-state index in [0.29, 0.717) is 44.8 Å². The molecule has 0 bridgehead atoms. The fourth-order valence-corrected chi connectivity index (χ4v) is 3.63. The summed E-state index contributed by atoms with van der Waals surface area (Å²) in [4.78, 5) is 33.3. The first-order chi connectivity index (χ1) is 13.0. The number of hydrogen-bond acceptors (Lipinski definition) is 5. The normalized spacial score (nSPS) is 18.8. The number of aromatic nitrogens is 2. The molecule has 1 spiro atoms. The molecule has 1 aromatic heterocycles. The Morgan fingerprint density at radius 2 is 1.81 bits per heavy atom. The Bertz CT molecular complexity index is 921. The summed E-state index contributed by atoms with van der Waals surface area (Å²) >= 11 is 0. The number of hydrogen-bond donors (Lipinski definition) is 1. The van der Waals surface area contributed by atoms with Crippen LogP contribution in [0.2, 0.25) is 0 Å². The SMILES string of the molecule is Cc1ccc(-c2cc(C(=O)N3CCC4(CC3)OCCO4)[nH]c(=O)n2)cc1C. The van der Waals surface area contributed by atoms with Crippen LogP contribution in [0.4, 0.5) is 0 Å². The molecule has 0 saturated carbocycles. The fraction of sp³-hybridized carbons (Fsp3) is 0.450. The van der Waals surface area contributed by atoms with Crippen LogP contribution in [-0.4, -0.2) is 52.9 Å². The molecule has 1 aromatic carbocycles. The molecule has 0 aliphatic carbocycles. The molecule has 142 valence electrons. The van der Waals surface area contributed by atoms with Gasteiger partial charge in [-0.1, -0.05) is 12.1 Å². The molecule has 0 radical (unpaired) electrons. The van der Waals surface area contributed by atoms with Crippen molar-refractivity contribution in [2.75, 3.05) is 26.3 Å². The van der Waals surface area contributed by atoms with Crippen molar-refractivity contribution in [3.8, 4) is 11.3 Å². The smallest absolute Gasteiger partial charge is 0.346 e. The van der Waals surface area contributed by atoms with Crippen molar-refractivity contribution in [2.45, 2.75) is 32.5 Å². The van der Waals surface area contributed by atoms with Crippen molar-refractivity contribution in [3.63, 3.8) is 0 Å². The topological polar surface area (TPSA) is 84.5 Å². The Kier molecular flexibility index (Phi) is 4.57. The van der Waals surface area contributed by atoms with E-state index in [0.717, 1.165) is 11.1 Å². The molecule has 7 nitrogen and oxygen atoms in total. The predicted octanol–water partition coefficient (Wildman–Crippen LogP) is 2.03. The second kappa shape index (κ2) is 6.90. The van der Waals surface area contributed by atoms with Crippen LogP contribution >= 0.6 is 0 Å². The Morgan fingerprint density at radius 3 is 2.48 bits per heavy atom. The molecule has 0 unspecified atom stereocenters. The lowest BCUT2D eigenvalue weighted by molar-refractivity contribution is -0.181. The monoisotopic (exact) mass is 369 g/mol. The highest BCUT2D eigenvalue weighted by Gasteiger charge is 2.41. The van der Waals surface area contributed by atoms with E-state index in [4.69, 9.17) is 9.47 Å². The van der Waals surface area contributed by atoms with Crippen molar-refractivity contribution in [3.05, 3.63) is 51.6 Å². The van der Waals surface area contributed by atoms with Gasteiger partial charge in [-0.3, -0.25) is 4.79 Å². The summed E-state index contributed by atoms with van der Waals surface area (Å²) in [7, 11) is 0. The zero-order chi connectivity index (χ0) is 19.0. The average molecular weight is 369 g/mol. The van der Waals surface area contributed by atoms with Gasteiger partial charge in [-0.2, -0.15) is 4.98 Å². The van der Waals surface area contributed by atoms with E-state index in [1.165, 1.54) is 5.56 Å². The average Bonchev–Trinajstić information content (AvgIpc) is 3.11. The van der Waals surface area contributed by atoms with Crippen LogP contribution in [0.25, 0.3) is 11.3 Å². The highest BCUT2D eigenvalue weighted by atomic mass is 16.7. The summed E-state index contributed by atoms with van der Waals surface area (Å²) < 4.78 is 11.4. The summed E-state index contributed by atoms with van der Waals surface area (Å²) in [6.45, 7) is 6.30. The number of carbonyl (C=O) groups is 1. The van der Waals surface area contributed by atoms with E-state index >= 15 is 0 Å². The maximum Gasteiger partial charge on any atom is 0.346 e. The van der Waals surface area contributed by atoms with Gasteiger partial charge in [-0.15, -0.1) is 0 Å². The molecule has 2 aromatic rings. The first kappa shape index (κ1) is 17.9. The zero-order valence-electron chi connectivity index (χ0n) is 15.6. The van der Waals surface area contributed by atoms with E-state index in [-0.39, 0.29) is 11.6 Å². The molecular weight excluding hydrogens is 346 g/mol. The number of ether oxygens (including phenoxy) is 2. The van der Waals surface area contributed by atoms with Gasteiger partial charge >= 0.3 is 5.69 Å². The summed E-state index contributed by atoms with van der Waals surface area (Å²) in [5, 5.41) is 0. The summed E-state index contributed by atoms with van der Waals surface area (Å²) in [5.41, 5.74) is 3.33. The van der Waals surface area contributed by atoms with E-state index in [1.807, 2.05) is 32.0 Å². The molecule has 1 amide bonds. The molecule has 2 aliphatic heterocycles. The van der Waals surface area contributed by atoms with Crippen molar-refractivity contribution >= 4 is 5.91 Å². The number of nitrogens with one attached hydrogen (secondary N) is 1. The van der Waals surface area contributed by atoms with Gasteiger partial charge in [0, 0.05) is 31.5 Å². The predicted molar refractivity (Wildman–Crippen MR) is 99.5 cm³/mol. The summed E-state index contributed by atoms with van der Waals surface area (Å²) in [6.07, 6.45) is 1.27. The van der Waals surface area contributed by atoms with Gasteiger partial charge in [-0.05, 0) is 37.1 Å². The number of piperidine rings is 1. The molecule has 3 heterocycles. The number of amides is 1. The third-order valence-corrected chi connectivity index (χ3v) is 5.40. The highest BCUT2D eigenvalue weighted by molar-refractivity contribution is 5.93. The molecule has 2 fully saturated rings. The van der Waals surface area contributed by atoms with Crippen LogP contribution in [-0.2, 0) is 9.47 Å². The first-order valence-corrected chi connectivity index (χ1v) is 9.22. The number of rotatable bonds is 2. The van der Waals surface area contributed by atoms with Gasteiger partial charge in [0.1, 0.15) is 5.69 Å². The molecule has 27 heavy (non-hydrogen) atoms. The molecule has 4 rings (SSSR count). The molecule has 2 aliphatic rings. The number of H-pyrrole nitrogens is 1. The molecule has 0 atom stereocenters. The van der Waals surface area contributed by atoms with Gasteiger partial charge in [0.15, 0.2) is 5.79 Å². The molecule has 7 heteroatoms. The minimum absolute atomic E-state index is 0.201. The maximum absolute atomic E-state index is 12.9. The van der Waals surface area contributed by atoms with Crippen LogP contribution in [0, 0.1) is 13.8 Å². The number of nitrogens with zero attached hydrogens (tertiary/aromatic N) is 2. The summed E-state index contributed by atoms with van der Waals surface area (Å²) in [5.74, 6) is -0.736. The Morgan fingerprint density at radius 1 is 1.11 bits per heavy atom. The minimum atomic E-state index is -0.535. The number of aryl methyl sites for hydroxylation is 2. The lowest BCUT2D eigenvalue weighted by Gasteiger charge is -2.37. The van der Waals surface area contributed by atoms with Crippen molar-refractivity contribution in [1.82, 2.24) is 14.9 Å². The van der Waals surface area contributed by atoms with Crippen LogP contribution in [0.3, 0.4) is 0 Å². The van der Waals surface area contributed by atoms with Gasteiger partial charge < -0.3 is 19.4 Å². The van der Waals surface area contributed by atoms with Gasteiger partial charge in [0.2, 0.25) is 0 Å². The number of likely N-dealkylation sites (tertiary alicyclic amines) is 1. The first-order valence-electron chi connectivity index (χ1n) is 9.22. The van der Waals surface area contributed by atoms with Crippen LogP contribution in [0.15, 0.2) is 29.1 Å². The van der Waals surface area contributed by atoms with Crippen molar-refractivity contribution < 1.29 is 14.3 Å². The molecule has 2 saturated heterocycles. The van der Waals surface area contributed by atoms with Crippen molar-refractivity contribution in [1.29, 1.82) is 0 Å². The fourth-order valence-electron chi connectivity index (χ4n) is 3.63. The van der Waals surface area contributed by atoms with E-state index < -0.39 is 11.5 Å². The van der Waals surface area contributed by atoms with Crippen molar-refractivity contribution in [2.24, 2.45) is 0 Å². The Hall–Kier alpha value is -2.51. The highest BCUT2D eigenvalue weighted by Crippen LogP contribution is 2.31. The van der Waals surface area contributed by atoms with Crippen LogP contribution < -0.4 is 5.69 Å². The Labute approximate surface area is 157 Å². The van der Waals surface area contributed by atoms with Crippen LogP contribution in [0.1, 0.15) is 34.5 Å². The quantitative estimate of drug-likeness (QED) is 0.876. The van der Waals surface area contributed by atoms with Crippen LogP contribution in [0.5, 0.6) is 0 Å². The standard InChI is InChI=1S/C20H23N3O4/c1-13-3-4-15(11-14(13)2)16-12-17(22-19(25)21-16)18(24)23-7-5-20(6-8-23)26-9-10-27-20/h3-4,11-12H,5-10H2,1-2H3,(H,21,22,25). The Balaban J connectivity index is 1.56. The van der Waals surface area contributed by atoms with Gasteiger partial charge in [0.25, 0.3) is 5.91 Å². The third-order valence-electron chi connectivity index (χ3n) is 5.40. The second-order valence-corrected chi connectivity index (χ2v) is 7.18. The van der Waals surface area contributed by atoms with Gasteiger partial charge in [-0.25, -0.2) is 4.79 Å². The minimum Gasteiger partial charge on any atom is -0.347 e. The van der Waals surface area contributed by atoms with E-state index in [9.17, 15) is 9.59 Å². The summed E-state index contributed by atoms with van der Waals surface area (Å²) in [6, 6.07) is 7.53. The number of carbonyl (C=O) groups excluding carboxylic acids is 1. The largest absolute Gasteiger partial charge is 0.347 e. The lowest BCUT2D eigenvalue weighted by atomic mass is 10.0. The number of aromatic amines is 1. The lowest BCUT2D eigenvalue weighted by Crippen LogP contribution is -2.47. The molecule has 1 N–H and O–H groups in total. The molecular formula is C20H23N3O4.